The van der Waals surface area contributed by atoms with Crippen LogP contribution in [0.4, 0.5) is 0 Å². The van der Waals surface area contributed by atoms with Gasteiger partial charge in [0.2, 0.25) is 0 Å². The number of hydrogen-bond acceptors (Lipinski definition) is 4. The van der Waals surface area contributed by atoms with Crippen molar-refractivity contribution in [3.05, 3.63) is 17.8 Å². The second-order valence-corrected chi connectivity index (χ2v) is 6.56. The van der Waals surface area contributed by atoms with Gasteiger partial charge < -0.3 is 5.11 Å². The van der Waals surface area contributed by atoms with Crippen LogP contribution in [0, 0.1) is 6.92 Å². The van der Waals surface area contributed by atoms with Crippen LogP contribution in [-0.2, 0) is 10.3 Å². The normalized spacial score (nSPS) is 17.1. The molecule has 1 N–H and O–H groups in total. The van der Waals surface area contributed by atoms with E-state index in [9.17, 15) is 4.79 Å². The summed E-state index contributed by atoms with van der Waals surface area (Å²) in [5.74, 6) is -0.797. The van der Waals surface area contributed by atoms with Crippen LogP contribution < -0.4 is 0 Å². The van der Waals surface area contributed by atoms with Crippen molar-refractivity contribution < 1.29 is 9.90 Å². The van der Waals surface area contributed by atoms with Crippen LogP contribution in [0.15, 0.2) is 17.4 Å². The number of imidazole rings is 1. The predicted molar refractivity (Wildman–Crippen MR) is 78.1 cm³/mol. The van der Waals surface area contributed by atoms with Crippen molar-refractivity contribution in [1.82, 2.24) is 14.5 Å². The van der Waals surface area contributed by atoms with Crippen molar-refractivity contribution in [3.8, 4) is 0 Å². The monoisotopic (exact) mass is 291 g/mol. The van der Waals surface area contributed by atoms with E-state index in [2.05, 4.69) is 21.5 Å². The SMILES string of the molecule is Cc1cnc2c(c1)nc(SCC(=O)O)n2C1(C)CCC1. The van der Waals surface area contributed by atoms with Crippen molar-refractivity contribution in [2.75, 3.05) is 5.75 Å². The Labute approximate surface area is 121 Å². The summed E-state index contributed by atoms with van der Waals surface area (Å²) < 4.78 is 2.14. The number of aromatic nitrogens is 3. The fraction of sp³-hybridized carbons (Fsp3) is 0.500. The number of hydrogen-bond donors (Lipinski definition) is 1. The van der Waals surface area contributed by atoms with Crippen LogP contribution in [0.1, 0.15) is 31.7 Å². The lowest BCUT2D eigenvalue weighted by atomic mass is 9.78. The summed E-state index contributed by atoms with van der Waals surface area (Å²) in [6, 6.07) is 2.01. The van der Waals surface area contributed by atoms with Gasteiger partial charge in [0, 0.05) is 11.7 Å². The Morgan fingerprint density at radius 1 is 1.55 bits per heavy atom. The van der Waals surface area contributed by atoms with E-state index < -0.39 is 5.97 Å². The molecule has 6 heteroatoms. The summed E-state index contributed by atoms with van der Waals surface area (Å²) in [5.41, 5.74) is 2.81. The molecule has 2 aromatic heterocycles. The van der Waals surface area contributed by atoms with Gasteiger partial charge in [0.05, 0.1) is 5.75 Å². The maximum atomic E-state index is 10.8. The van der Waals surface area contributed by atoms with Gasteiger partial charge in [0.25, 0.3) is 0 Å². The summed E-state index contributed by atoms with van der Waals surface area (Å²) >= 11 is 1.28. The number of pyridine rings is 1. The number of aryl methyl sites for hydroxylation is 1. The molecule has 0 amide bonds. The lowest BCUT2D eigenvalue weighted by molar-refractivity contribution is -0.133. The molecular formula is C14H17N3O2S. The fourth-order valence-electron chi connectivity index (χ4n) is 2.67. The highest BCUT2D eigenvalue weighted by atomic mass is 32.2. The lowest BCUT2D eigenvalue weighted by Crippen LogP contribution is -2.37. The van der Waals surface area contributed by atoms with Gasteiger partial charge in [-0.2, -0.15) is 0 Å². The van der Waals surface area contributed by atoms with E-state index in [0.717, 1.165) is 34.7 Å². The number of carboxylic acids is 1. The molecule has 2 aromatic rings. The van der Waals surface area contributed by atoms with Gasteiger partial charge in [-0.25, -0.2) is 9.97 Å². The van der Waals surface area contributed by atoms with Crippen LogP contribution >= 0.6 is 11.8 Å². The highest BCUT2D eigenvalue weighted by Crippen LogP contribution is 2.43. The second kappa shape index (κ2) is 4.77. The van der Waals surface area contributed by atoms with Crippen LogP contribution in [-0.4, -0.2) is 31.4 Å². The molecule has 0 radical (unpaired) electrons. The van der Waals surface area contributed by atoms with Crippen molar-refractivity contribution in [2.45, 2.75) is 43.8 Å². The third-order valence-corrected chi connectivity index (χ3v) is 4.82. The lowest BCUT2D eigenvalue weighted by Gasteiger charge is -2.40. The molecule has 0 unspecified atom stereocenters. The van der Waals surface area contributed by atoms with Crippen LogP contribution in [0.25, 0.3) is 11.2 Å². The molecule has 0 atom stereocenters. The number of aliphatic carboxylic acids is 1. The quantitative estimate of drug-likeness (QED) is 0.877. The molecule has 1 fully saturated rings. The summed E-state index contributed by atoms with van der Waals surface area (Å²) in [6.45, 7) is 4.19. The highest BCUT2D eigenvalue weighted by Gasteiger charge is 2.37. The molecule has 1 saturated carbocycles. The molecule has 0 aromatic carbocycles. The van der Waals surface area contributed by atoms with E-state index in [4.69, 9.17) is 5.11 Å². The zero-order valence-corrected chi connectivity index (χ0v) is 12.4. The minimum atomic E-state index is -0.823. The van der Waals surface area contributed by atoms with Gasteiger partial charge in [0.15, 0.2) is 10.8 Å². The highest BCUT2D eigenvalue weighted by molar-refractivity contribution is 7.99. The van der Waals surface area contributed by atoms with Crippen LogP contribution in [0.5, 0.6) is 0 Å². The van der Waals surface area contributed by atoms with Crippen molar-refractivity contribution in [3.63, 3.8) is 0 Å². The van der Waals surface area contributed by atoms with Crippen LogP contribution in [0.2, 0.25) is 0 Å². The van der Waals surface area contributed by atoms with E-state index in [1.165, 1.54) is 18.2 Å². The summed E-state index contributed by atoms with van der Waals surface area (Å²) in [5, 5.41) is 9.65. The molecule has 5 nitrogen and oxygen atoms in total. The van der Waals surface area contributed by atoms with Gasteiger partial charge in [-0.1, -0.05) is 11.8 Å². The number of rotatable bonds is 4. The molecule has 1 aliphatic rings. The molecule has 0 aliphatic heterocycles. The van der Waals surface area contributed by atoms with Gasteiger partial charge in [-0.05, 0) is 44.7 Å². The Kier molecular flexibility index (Phi) is 3.20. The Morgan fingerprint density at radius 3 is 2.90 bits per heavy atom. The topological polar surface area (TPSA) is 68.0 Å². The van der Waals surface area contributed by atoms with Gasteiger partial charge >= 0.3 is 5.97 Å². The molecule has 106 valence electrons. The van der Waals surface area contributed by atoms with E-state index in [0.29, 0.717) is 0 Å². The number of fused-ring (bicyclic) bond motifs is 1. The fourth-order valence-corrected chi connectivity index (χ4v) is 3.52. The molecule has 0 saturated heterocycles. The average molecular weight is 291 g/mol. The standard InChI is InChI=1S/C14H17N3O2S/c1-9-6-10-12(15-7-9)17(14(2)4-3-5-14)13(16-10)20-8-11(18)19/h6-7H,3-5,8H2,1-2H3,(H,18,19). The maximum absolute atomic E-state index is 10.8. The first-order chi connectivity index (χ1) is 9.49. The molecule has 2 heterocycles. The molecule has 1 aliphatic carbocycles. The zero-order valence-electron chi connectivity index (χ0n) is 11.6. The van der Waals surface area contributed by atoms with E-state index >= 15 is 0 Å². The molecule has 3 rings (SSSR count). The number of nitrogens with zero attached hydrogens (tertiary/aromatic N) is 3. The van der Waals surface area contributed by atoms with Crippen molar-refractivity contribution in [1.29, 1.82) is 0 Å². The predicted octanol–water partition coefficient (Wildman–Crippen LogP) is 2.82. The smallest absolute Gasteiger partial charge is 0.313 e. The van der Waals surface area contributed by atoms with E-state index in [1.54, 1.807) is 0 Å². The van der Waals surface area contributed by atoms with Crippen molar-refractivity contribution >= 4 is 28.9 Å². The second-order valence-electron chi connectivity index (χ2n) is 5.62. The van der Waals surface area contributed by atoms with Gasteiger partial charge in [-0.15, -0.1) is 0 Å². The van der Waals surface area contributed by atoms with Crippen molar-refractivity contribution in [2.24, 2.45) is 0 Å². The van der Waals surface area contributed by atoms with Gasteiger partial charge in [0.1, 0.15) is 5.52 Å². The summed E-state index contributed by atoms with van der Waals surface area (Å²) in [6.07, 6.45) is 5.22. The average Bonchev–Trinajstić information content (AvgIpc) is 2.71. The Balaban J connectivity index is 2.11. The third kappa shape index (κ3) is 2.18. The van der Waals surface area contributed by atoms with E-state index in [-0.39, 0.29) is 11.3 Å². The molecule has 20 heavy (non-hydrogen) atoms. The number of carbonyl (C=O) groups is 1. The zero-order chi connectivity index (χ0) is 14.3. The largest absolute Gasteiger partial charge is 0.481 e. The van der Waals surface area contributed by atoms with Crippen LogP contribution in [0.3, 0.4) is 0 Å². The first-order valence-electron chi connectivity index (χ1n) is 6.70. The third-order valence-electron chi connectivity index (χ3n) is 3.90. The Bertz CT molecular complexity index is 676. The van der Waals surface area contributed by atoms with E-state index in [1.807, 2.05) is 19.2 Å². The number of carboxylic acid groups (broad SMARTS) is 1. The first-order valence-corrected chi connectivity index (χ1v) is 7.68. The summed E-state index contributed by atoms with van der Waals surface area (Å²) in [7, 11) is 0. The summed E-state index contributed by atoms with van der Waals surface area (Å²) in [4.78, 5) is 19.9. The Morgan fingerprint density at radius 2 is 2.30 bits per heavy atom. The molecule has 0 bridgehead atoms. The van der Waals surface area contributed by atoms with Gasteiger partial charge in [-0.3, -0.25) is 9.36 Å². The minimum Gasteiger partial charge on any atom is -0.481 e. The first kappa shape index (κ1) is 13.4. The Hall–Kier alpha value is -1.56. The minimum absolute atomic E-state index is 0.0256. The maximum Gasteiger partial charge on any atom is 0.313 e. The number of thioether (sulfide) groups is 1. The molecular weight excluding hydrogens is 274 g/mol. The molecule has 0 spiro atoms.